The topological polar surface area (TPSA) is 77.8 Å². The lowest BCUT2D eigenvalue weighted by atomic mass is 10.0. The molecular weight excluding hydrogens is 379 g/mol. The highest BCUT2D eigenvalue weighted by Crippen LogP contribution is 2.24. The summed E-state index contributed by atoms with van der Waals surface area (Å²) in [6.07, 6.45) is 6.45. The number of amides is 1. The van der Waals surface area contributed by atoms with Crippen LogP contribution in [0.1, 0.15) is 27.8 Å². The van der Waals surface area contributed by atoms with Gasteiger partial charge in [0.05, 0.1) is 12.0 Å². The number of halogens is 1. The summed E-state index contributed by atoms with van der Waals surface area (Å²) in [6.45, 7) is 0.540. The van der Waals surface area contributed by atoms with E-state index in [9.17, 15) is 14.4 Å². The van der Waals surface area contributed by atoms with Crippen LogP contribution in [0.5, 0.6) is 0 Å². The second kappa shape index (κ2) is 8.58. The molecule has 0 bridgehead atoms. The van der Waals surface area contributed by atoms with Crippen LogP contribution in [0, 0.1) is 17.1 Å². The Hall–Kier alpha value is -3.98. The Morgan fingerprint density at radius 3 is 2.83 bits per heavy atom. The minimum absolute atomic E-state index is 0.0216. The van der Waals surface area contributed by atoms with Crippen LogP contribution < -0.4 is 10.6 Å². The Labute approximate surface area is 173 Å². The van der Waals surface area contributed by atoms with Crippen molar-refractivity contribution in [2.75, 3.05) is 17.2 Å². The van der Waals surface area contributed by atoms with Crippen molar-refractivity contribution in [2.24, 2.45) is 0 Å². The van der Waals surface area contributed by atoms with Crippen molar-refractivity contribution in [3.8, 4) is 6.07 Å². The number of carbonyl (C=O) groups is 1. The van der Waals surface area contributed by atoms with E-state index < -0.39 is 0 Å². The second-order valence-corrected chi connectivity index (χ2v) is 7.07. The summed E-state index contributed by atoms with van der Waals surface area (Å²) in [4.78, 5) is 15.8. The van der Waals surface area contributed by atoms with Crippen LogP contribution in [-0.2, 0) is 17.6 Å². The molecule has 3 aromatic rings. The van der Waals surface area contributed by atoms with Crippen LogP contribution in [0.4, 0.5) is 15.9 Å². The van der Waals surface area contributed by atoms with Gasteiger partial charge in [-0.1, -0.05) is 36.4 Å². The Bertz CT molecular complexity index is 1160. The van der Waals surface area contributed by atoms with Crippen LogP contribution in [0.25, 0.3) is 6.08 Å². The molecule has 2 N–H and O–H groups in total. The molecule has 0 fully saturated rings. The predicted octanol–water partition coefficient (Wildman–Crippen LogP) is 4.30. The van der Waals surface area contributed by atoms with Gasteiger partial charge in [-0.2, -0.15) is 5.26 Å². The molecule has 1 aliphatic rings. The van der Waals surface area contributed by atoms with Crippen LogP contribution in [-0.4, -0.2) is 17.4 Å². The number of nitriles is 1. The smallest absolute Gasteiger partial charge is 0.228 e. The van der Waals surface area contributed by atoms with E-state index in [1.807, 2.05) is 30.4 Å². The van der Waals surface area contributed by atoms with E-state index in [2.05, 4.69) is 21.7 Å². The van der Waals surface area contributed by atoms with E-state index >= 15 is 0 Å². The molecule has 0 spiro atoms. The average molecular weight is 398 g/mol. The minimum Gasteiger partial charge on any atom is -0.366 e. The summed E-state index contributed by atoms with van der Waals surface area (Å²) in [5.74, 6) is 0.426. The van der Waals surface area contributed by atoms with Crippen LogP contribution in [0.3, 0.4) is 0 Å². The molecule has 0 saturated carbocycles. The summed E-state index contributed by atoms with van der Waals surface area (Å²) in [6, 6.07) is 16.1. The van der Waals surface area contributed by atoms with Crippen LogP contribution in [0.2, 0.25) is 0 Å². The Morgan fingerprint density at radius 1 is 1.20 bits per heavy atom. The fourth-order valence-corrected chi connectivity index (χ4v) is 3.37. The summed E-state index contributed by atoms with van der Waals surface area (Å²) >= 11 is 0. The number of hydrogen-bond donors (Lipinski definition) is 2. The monoisotopic (exact) mass is 398 g/mol. The molecule has 1 amide bonds. The Morgan fingerprint density at radius 2 is 2.03 bits per heavy atom. The van der Waals surface area contributed by atoms with Crippen molar-refractivity contribution < 1.29 is 9.18 Å². The second-order valence-electron chi connectivity index (χ2n) is 7.07. The van der Waals surface area contributed by atoms with E-state index in [1.165, 1.54) is 18.3 Å². The normalized spacial score (nSPS) is 12.5. The van der Waals surface area contributed by atoms with Crippen molar-refractivity contribution in [1.29, 1.82) is 5.26 Å². The number of benzene rings is 2. The third kappa shape index (κ3) is 4.53. The first kappa shape index (κ1) is 19.3. The highest BCUT2D eigenvalue weighted by Gasteiger charge is 2.16. The van der Waals surface area contributed by atoms with Gasteiger partial charge in [0, 0.05) is 30.4 Å². The van der Waals surface area contributed by atoms with E-state index in [0.29, 0.717) is 30.8 Å². The molecule has 1 aliphatic heterocycles. The number of hydrogen-bond acceptors (Lipinski definition) is 4. The van der Waals surface area contributed by atoms with Gasteiger partial charge in [-0.15, -0.1) is 0 Å². The maximum absolute atomic E-state index is 13.2. The number of anilines is 2. The molecule has 0 radical (unpaired) electrons. The molecular formula is C24H19FN4O. The van der Waals surface area contributed by atoms with Crippen molar-refractivity contribution >= 4 is 23.5 Å². The van der Waals surface area contributed by atoms with Gasteiger partial charge >= 0.3 is 0 Å². The van der Waals surface area contributed by atoms with E-state index in [1.54, 1.807) is 18.2 Å². The van der Waals surface area contributed by atoms with Gasteiger partial charge in [-0.3, -0.25) is 4.79 Å². The van der Waals surface area contributed by atoms with Gasteiger partial charge in [-0.25, -0.2) is 9.37 Å². The van der Waals surface area contributed by atoms with Crippen molar-refractivity contribution in [2.45, 2.75) is 12.8 Å². The largest absolute Gasteiger partial charge is 0.366 e. The van der Waals surface area contributed by atoms with Crippen molar-refractivity contribution in [3.05, 3.63) is 94.4 Å². The maximum Gasteiger partial charge on any atom is 0.228 e. The summed E-state index contributed by atoms with van der Waals surface area (Å²) in [5.41, 5.74) is 5.17. The first-order valence-corrected chi connectivity index (χ1v) is 9.57. The molecule has 148 valence electrons. The quantitative estimate of drug-likeness (QED) is 0.649. The summed E-state index contributed by atoms with van der Waals surface area (Å²) in [7, 11) is 0. The van der Waals surface area contributed by atoms with Gasteiger partial charge in [0.2, 0.25) is 5.91 Å². The zero-order valence-corrected chi connectivity index (χ0v) is 16.2. The van der Waals surface area contributed by atoms with Gasteiger partial charge in [0.15, 0.2) is 0 Å². The third-order valence-corrected chi connectivity index (χ3v) is 4.86. The van der Waals surface area contributed by atoms with Crippen molar-refractivity contribution in [1.82, 2.24) is 4.98 Å². The summed E-state index contributed by atoms with van der Waals surface area (Å²) in [5, 5.41) is 15.3. The third-order valence-electron chi connectivity index (χ3n) is 4.86. The fraction of sp³-hybridized carbons (Fsp3) is 0.125. The zero-order chi connectivity index (χ0) is 20.9. The molecule has 30 heavy (non-hydrogen) atoms. The molecule has 1 aromatic heterocycles. The highest BCUT2D eigenvalue weighted by atomic mass is 19.1. The van der Waals surface area contributed by atoms with Gasteiger partial charge in [-0.05, 0) is 41.0 Å². The van der Waals surface area contributed by atoms with Gasteiger partial charge < -0.3 is 10.6 Å². The van der Waals surface area contributed by atoms with Gasteiger partial charge in [0.25, 0.3) is 0 Å². The number of nitrogens with zero attached hydrogens (tertiary/aromatic N) is 2. The number of rotatable bonds is 6. The van der Waals surface area contributed by atoms with Crippen molar-refractivity contribution in [3.63, 3.8) is 0 Å². The number of carbonyl (C=O) groups excluding carboxylic acids is 1. The van der Waals surface area contributed by atoms with Crippen LogP contribution >= 0.6 is 0 Å². The standard InChI is InChI=1S/C24H19FN4O/c25-21-7-4-17(5-8-21)10-20-11-18(14-26)15-28-24(20)27-9-1-2-16-3-6-19-13-23(30)29-22(19)12-16/h1-8,11-12,15H,9-10,13H2,(H,27,28)(H,29,30)/b2-1+. The van der Waals surface area contributed by atoms with E-state index in [0.717, 1.165) is 27.9 Å². The molecule has 6 heteroatoms. The summed E-state index contributed by atoms with van der Waals surface area (Å²) < 4.78 is 13.2. The average Bonchev–Trinajstić information content (AvgIpc) is 3.13. The molecule has 2 heterocycles. The molecule has 0 saturated heterocycles. The lowest BCUT2D eigenvalue weighted by Crippen LogP contribution is -2.05. The first-order valence-electron chi connectivity index (χ1n) is 9.57. The van der Waals surface area contributed by atoms with E-state index in [-0.39, 0.29) is 11.7 Å². The Balaban J connectivity index is 1.44. The number of aromatic nitrogens is 1. The fourth-order valence-electron chi connectivity index (χ4n) is 3.37. The molecule has 0 aliphatic carbocycles. The molecule has 5 nitrogen and oxygen atoms in total. The molecule has 0 unspecified atom stereocenters. The number of fused-ring (bicyclic) bond motifs is 1. The zero-order valence-electron chi connectivity index (χ0n) is 16.2. The molecule has 2 aromatic carbocycles. The SMILES string of the molecule is N#Cc1cnc(NC/C=C/c2ccc3c(c2)NC(=O)C3)c(Cc2ccc(F)cc2)c1. The highest BCUT2D eigenvalue weighted by molar-refractivity contribution is 5.99. The maximum atomic E-state index is 13.2. The number of nitrogens with one attached hydrogen (secondary N) is 2. The molecule has 0 atom stereocenters. The number of pyridine rings is 1. The van der Waals surface area contributed by atoms with Gasteiger partial charge in [0.1, 0.15) is 17.7 Å². The van der Waals surface area contributed by atoms with E-state index in [4.69, 9.17) is 0 Å². The lowest BCUT2D eigenvalue weighted by molar-refractivity contribution is -0.115. The first-order chi connectivity index (χ1) is 14.6. The minimum atomic E-state index is -0.280. The molecule has 4 rings (SSSR count). The Kier molecular flexibility index (Phi) is 5.53. The lowest BCUT2D eigenvalue weighted by Gasteiger charge is -2.10. The van der Waals surface area contributed by atoms with Crippen LogP contribution in [0.15, 0.2) is 60.8 Å². The predicted molar refractivity (Wildman–Crippen MR) is 114 cm³/mol.